The van der Waals surface area contributed by atoms with Gasteiger partial charge in [-0.25, -0.2) is 0 Å². The average Bonchev–Trinajstić information content (AvgIpc) is 3.25. The molecule has 0 aliphatic rings. The molecule has 0 aliphatic heterocycles. The van der Waals surface area contributed by atoms with Gasteiger partial charge in [0.2, 0.25) is 12.1 Å². The van der Waals surface area contributed by atoms with Gasteiger partial charge in [-0.05, 0) is 111 Å². The number of nitrogens with zero attached hydrogens (tertiary/aromatic N) is 4. The molecule has 330 valence electrons. The van der Waals surface area contributed by atoms with Crippen LogP contribution < -0.4 is 21.3 Å². The van der Waals surface area contributed by atoms with Crippen LogP contribution in [-0.2, 0) is 32.0 Å². The number of halogens is 6. The number of Topliss-reactive ketones (excluding diaryl/α,β-unsaturated/α-hetero) is 2. The molecule has 4 amide bonds. The van der Waals surface area contributed by atoms with Crippen LogP contribution in [0.1, 0.15) is 59.5 Å². The Morgan fingerprint density at radius 1 is 0.516 bits per heavy atom. The molecule has 5 aromatic rings. The number of anilines is 4. The Labute approximate surface area is 397 Å². The fourth-order valence-electron chi connectivity index (χ4n) is 5.92. The molecule has 0 saturated heterocycles. The summed E-state index contributed by atoms with van der Waals surface area (Å²) in [5.74, 6) is -4.06. The van der Waals surface area contributed by atoms with Crippen LogP contribution >= 0.6 is 69.6 Å². The molecule has 0 fully saturated rings. The van der Waals surface area contributed by atoms with Crippen LogP contribution in [0.2, 0.25) is 30.1 Å². The topological polar surface area (TPSA) is 200 Å². The Morgan fingerprint density at radius 3 is 1.31 bits per heavy atom. The number of aryl methyl sites for hydroxylation is 2. The van der Waals surface area contributed by atoms with E-state index in [-0.39, 0.29) is 64.0 Å². The molecule has 0 bridgehead atoms. The van der Waals surface area contributed by atoms with E-state index in [1.54, 1.807) is 48.5 Å². The Balaban J connectivity index is 1.31. The molecule has 5 aromatic carbocycles. The normalized spacial score (nSPS) is 12.2. The predicted molar refractivity (Wildman–Crippen MR) is 252 cm³/mol. The van der Waals surface area contributed by atoms with Crippen molar-refractivity contribution in [3.63, 3.8) is 0 Å². The lowest BCUT2D eigenvalue weighted by Gasteiger charge is -2.19. The number of hydrogen-bond donors (Lipinski definition) is 4. The van der Waals surface area contributed by atoms with Crippen LogP contribution in [0.25, 0.3) is 0 Å². The molecule has 2 unspecified atom stereocenters. The minimum atomic E-state index is -1.58. The van der Waals surface area contributed by atoms with E-state index in [1.807, 2.05) is 13.8 Å². The fraction of sp³-hybridized carbons (Fsp3) is 0.182. The van der Waals surface area contributed by atoms with Crippen molar-refractivity contribution in [2.24, 2.45) is 20.5 Å². The van der Waals surface area contributed by atoms with Crippen molar-refractivity contribution in [1.82, 2.24) is 0 Å². The molecular formula is C44H36Cl6N8O6. The molecular weight excluding hydrogens is 949 g/mol. The summed E-state index contributed by atoms with van der Waals surface area (Å²) in [6.45, 7) is 6.01. The van der Waals surface area contributed by atoms with Crippen LogP contribution in [0.3, 0.4) is 0 Å². The summed E-state index contributed by atoms with van der Waals surface area (Å²) in [7, 11) is 0. The van der Waals surface area contributed by atoms with Crippen molar-refractivity contribution < 1.29 is 28.8 Å². The molecule has 0 spiro atoms. The molecule has 0 aliphatic carbocycles. The first-order chi connectivity index (χ1) is 30.4. The first-order valence-corrected chi connectivity index (χ1v) is 21.4. The Hall–Kier alpha value is -5.74. The molecule has 14 nitrogen and oxygen atoms in total. The van der Waals surface area contributed by atoms with E-state index in [4.69, 9.17) is 69.6 Å². The standard InChI is InChI=1S/C44H36Cl6N8O6/c1-5-23-17-27(51-43(63)38(21(3)59)57-55-25-13-15-30(45)28(19-25)41(61)52-34-11-7-9-32(47)36(34)49)18-24(6-2)40(23)54-44(64)39(22(4)60)58-56-26-14-16-31(46)29(20-26)42(62)53-35-12-8-10-33(48)37(35)50/h7-20,38-39H,5-6H2,1-4H3,(H,51,63)(H,52,61)(H,53,62)(H,54,64). The van der Waals surface area contributed by atoms with Crippen LogP contribution in [0.4, 0.5) is 34.1 Å². The molecule has 0 aromatic heterocycles. The molecule has 0 radical (unpaired) electrons. The fourth-order valence-corrected chi connectivity index (χ4v) is 7.03. The number of carbonyl (C=O) groups excluding carboxylic acids is 6. The van der Waals surface area contributed by atoms with Gasteiger partial charge in [0.05, 0.1) is 64.0 Å². The van der Waals surface area contributed by atoms with Gasteiger partial charge in [0.25, 0.3) is 23.6 Å². The monoisotopic (exact) mass is 982 g/mol. The highest BCUT2D eigenvalue weighted by Gasteiger charge is 2.27. The summed E-state index contributed by atoms with van der Waals surface area (Å²) < 4.78 is 0. The lowest BCUT2D eigenvalue weighted by molar-refractivity contribution is -0.127. The number of hydrogen-bond acceptors (Lipinski definition) is 10. The maximum atomic E-state index is 13.6. The van der Waals surface area contributed by atoms with Crippen molar-refractivity contribution >= 4 is 139 Å². The van der Waals surface area contributed by atoms with E-state index in [1.165, 1.54) is 50.2 Å². The molecule has 4 N–H and O–H groups in total. The van der Waals surface area contributed by atoms with Gasteiger partial charge in [0, 0.05) is 11.4 Å². The van der Waals surface area contributed by atoms with Crippen molar-refractivity contribution in [3.05, 3.63) is 137 Å². The van der Waals surface area contributed by atoms with E-state index in [9.17, 15) is 28.8 Å². The van der Waals surface area contributed by atoms with E-state index in [0.29, 0.717) is 35.3 Å². The van der Waals surface area contributed by atoms with Crippen LogP contribution in [-0.4, -0.2) is 47.3 Å². The van der Waals surface area contributed by atoms with Gasteiger partial charge >= 0.3 is 0 Å². The Bertz CT molecular complexity index is 2720. The second-order valence-electron chi connectivity index (χ2n) is 13.8. The van der Waals surface area contributed by atoms with Gasteiger partial charge in [-0.15, -0.1) is 0 Å². The first-order valence-electron chi connectivity index (χ1n) is 19.1. The number of amides is 4. The molecule has 20 heteroatoms. The molecule has 2 atom stereocenters. The van der Waals surface area contributed by atoms with Crippen LogP contribution in [0.5, 0.6) is 0 Å². The quantitative estimate of drug-likeness (QED) is 0.0560. The zero-order valence-electron chi connectivity index (χ0n) is 34.2. The summed E-state index contributed by atoms with van der Waals surface area (Å²) in [5.41, 5.74) is 2.64. The third-order valence-corrected chi connectivity index (χ3v) is 11.5. The summed E-state index contributed by atoms with van der Waals surface area (Å²) in [6, 6.07) is 17.9. The van der Waals surface area contributed by atoms with Gasteiger partial charge in [0.15, 0.2) is 11.6 Å². The highest BCUT2D eigenvalue weighted by molar-refractivity contribution is 6.45. The molecule has 64 heavy (non-hydrogen) atoms. The summed E-state index contributed by atoms with van der Waals surface area (Å²) in [4.78, 5) is 78.7. The second-order valence-corrected chi connectivity index (χ2v) is 16.1. The molecule has 0 saturated carbocycles. The van der Waals surface area contributed by atoms with Crippen molar-refractivity contribution in [2.45, 2.75) is 52.6 Å². The highest BCUT2D eigenvalue weighted by Crippen LogP contribution is 2.34. The van der Waals surface area contributed by atoms with Gasteiger partial charge in [0.1, 0.15) is 0 Å². The smallest absolute Gasteiger partial charge is 0.258 e. The largest absolute Gasteiger partial charge is 0.324 e. The van der Waals surface area contributed by atoms with Gasteiger partial charge in [-0.3, -0.25) is 28.8 Å². The van der Waals surface area contributed by atoms with Crippen molar-refractivity contribution in [3.8, 4) is 0 Å². The van der Waals surface area contributed by atoms with E-state index >= 15 is 0 Å². The van der Waals surface area contributed by atoms with Gasteiger partial charge in [-0.1, -0.05) is 95.6 Å². The van der Waals surface area contributed by atoms with E-state index < -0.39 is 47.3 Å². The number of benzene rings is 5. The number of azo groups is 2. The second kappa shape index (κ2) is 22.2. The Kier molecular flexibility index (Phi) is 17.1. The third kappa shape index (κ3) is 12.3. The van der Waals surface area contributed by atoms with Crippen LogP contribution in [0, 0.1) is 0 Å². The summed E-state index contributed by atoms with van der Waals surface area (Å²) in [6.07, 6.45) is 0.751. The average molecular weight is 986 g/mol. The predicted octanol–water partition coefficient (Wildman–Crippen LogP) is 12.6. The molecule has 5 rings (SSSR count). The minimum absolute atomic E-state index is 0.0147. The Morgan fingerprint density at radius 2 is 0.922 bits per heavy atom. The lowest BCUT2D eigenvalue weighted by Crippen LogP contribution is -2.33. The minimum Gasteiger partial charge on any atom is -0.324 e. The van der Waals surface area contributed by atoms with E-state index in [2.05, 4.69) is 41.7 Å². The maximum absolute atomic E-state index is 13.6. The highest BCUT2D eigenvalue weighted by atomic mass is 35.5. The number of carbonyl (C=O) groups is 6. The van der Waals surface area contributed by atoms with Gasteiger partial charge in [-0.2, -0.15) is 20.5 Å². The zero-order chi connectivity index (χ0) is 46.8. The lowest BCUT2D eigenvalue weighted by atomic mass is 10.0. The van der Waals surface area contributed by atoms with Crippen molar-refractivity contribution in [2.75, 3.05) is 21.3 Å². The first kappa shape index (κ1) is 49.3. The van der Waals surface area contributed by atoms with Gasteiger partial charge < -0.3 is 21.3 Å². The zero-order valence-corrected chi connectivity index (χ0v) is 38.7. The summed E-state index contributed by atoms with van der Waals surface area (Å²) in [5, 5.41) is 27.9. The SMILES string of the molecule is CCc1cc(NC(=O)C(N=Nc2ccc(Cl)c(C(=O)Nc3cccc(Cl)c3Cl)c2)C(C)=O)cc(CC)c1NC(=O)C(N=Nc1ccc(Cl)c(C(=O)Nc2cccc(Cl)c2Cl)c1)C(C)=O. The summed E-state index contributed by atoms with van der Waals surface area (Å²) >= 11 is 37.2. The third-order valence-electron chi connectivity index (χ3n) is 9.21. The molecule has 0 heterocycles. The number of ketones is 2. The van der Waals surface area contributed by atoms with E-state index in [0.717, 1.165) is 0 Å². The van der Waals surface area contributed by atoms with Crippen LogP contribution in [0.15, 0.2) is 105 Å². The van der Waals surface area contributed by atoms with Crippen molar-refractivity contribution in [1.29, 1.82) is 0 Å². The number of nitrogens with one attached hydrogen (secondary N) is 4. The maximum Gasteiger partial charge on any atom is 0.258 e. The number of rotatable bonds is 16.